The molecule has 0 spiro atoms. The van der Waals surface area contributed by atoms with Gasteiger partial charge in [0, 0.05) is 15.7 Å². The maximum absolute atomic E-state index is 12.9. The zero-order valence-corrected chi connectivity index (χ0v) is 19.3. The number of rotatable bonds is 7. The largest absolute Gasteiger partial charge is 0.490 e. The Balaban J connectivity index is 1.74. The molecule has 0 aliphatic carbocycles. The first-order chi connectivity index (χ1) is 14.8. The van der Waals surface area contributed by atoms with Crippen molar-refractivity contribution in [3.8, 4) is 5.75 Å². The number of carbonyl (C=O) groups excluding carboxylic acids is 2. The molecular formula is C25H25BrN2O3. The van der Waals surface area contributed by atoms with E-state index < -0.39 is 0 Å². The van der Waals surface area contributed by atoms with Crippen LogP contribution in [-0.4, -0.2) is 17.9 Å². The Bertz CT molecular complexity index is 1070. The smallest absolute Gasteiger partial charge is 0.259 e. The van der Waals surface area contributed by atoms with E-state index in [4.69, 9.17) is 4.74 Å². The Kier molecular flexibility index (Phi) is 7.47. The topological polar surface area (TPSA) is 67.4 Å². The highest BCUT2D eigenvalue weighted by Gasteiger charge is 2.16. The van der Waals surface area contributed by atoms with Crippen LogP contribution in [0.4, 0.5) is 5.69 Å². The molecule has 5 nitrogen and oxygen atoms in total. The van der Waals surface area contributed by atoms with Crippen LogP contribution in [0.5, 0.6) is 5.75 Å². The van der Waals surface area contributed by atoms with E-state index in [1.165, 1.54) is 0 Å². The minimum atomic E-state index is -0.313. The van der Waals surface area contributed by atoms with Gasteiger partial charge in [0.25, 0.3) is 11.8 Å². The van der Waals surface area contributed by atoms with Gasteiger partial charge in [0.1, 0.15) is 5.75 Å². The molecule has 1 atom stereocenters. The second kappa shape index (κ2) is 10.3. The average molecular weight is 481 g/mol. The van der Waals surface area contributed by atoms with Crippen molar-refractivity contribution in [2.45, 2.75) is 32.9 Å². The Hall–Kier alpha value is -3.12. The Labute approximate surface area is 191 Å². The summed E-state index contributed by atoms with van der Waals surface area (Å²) in [6.45, 7) is 5.74. The van der Waals surface area contributed by atoms with Gasteiger partial charge in [-0.2, -0.15) is 0 Å². The fraction of sp³-hybridized carbons (Fsp3) is 0.200. The molecule has 6 heteroatoms. The van der Waals surface area contributed by atoms with Crippen LogP contribution < -0.4 is 15.4 Å². The maximum atomic E-state index is 12.9. The van der Waals surface area contributed by atoms with E-state index in [2.05, 4.69) is 26.6 Å². The summed E-state index contributed by atoms with van der Waals surface area (Å²) < 4.78 is 6.54. The number of amides is 2. The number of halogens is 1. The lowest BCUT2D eigenvalue weighted by molar-refractivity contribution is 0.0938. The van der Waals surface area contributed by atoms with Crippen molar-refractivity contribution in [3.63, 3.8) is 0 Å². The summed E-state index contributed by atoms with van der Waals surface area (Å²) in [5, 5.41) is 5.84. The summed E-state index contributed by atoms with van der Waals surface area (Å²) in [6.07, 6.45) is -0.0636. The van der Waals surface area contributed by atoms with Gasteiger partial charge in [0.15, 0.2) is 0 Å². The summed E-state index contributed by atoms with van der Waals surface area (Å²) in [7, 11) is 0. The van der Waals surface area contributed by atoms with Crippen LogP contribution in [0.3, 0.4) is 0 Å². The number of nitrogens with one attached hydrogen (secondary N) is 2. The number of benzene rings is 3. The predicted molar refractivity (Wildman–Crippen MR) is 127 cm³/mol. The van der Waals surface area contributed by atoms with Gasteiger partial charge in [-0.25, -0.2) is 0 Å². The van der Waals surface area contributed by atoms with E-state index in [9.17, 15) is 9.59 Å². The van der Waals surface area contributed by atoms with Crippen molar-refractivity contribution in [3.05, 3.63) is 94.0 Å². The summed E-state index contributed by atoms with van der Waals surface area (Å²) in [4.78, 5) is 25.6. The van der Waals surface area contributed by atoms with Gasteiger partial charge in [-0.1, -0.05) is 52.3 Å². The monoisotopic (exact) mass is 480 g/mol. The molecule has 0 saturated heterocycles. The van der Waals surface area contributed by atoms with Gasteiger partial charge in [-0.15, -0.1) is 0 Å². The van der Waals surface area contributed by atoms with Gasteiger partial charge in [-0.3, -0.25) is 9.59 Å². The van der Waals surface area contributed by atoms with Crippen LogP contribution in [0.15, 0.2) is 77.3 Å². The molecule has 0 bridgehead atoms. The van der Waals surface area contributed by atoms with Crippen molar-refractivity contribution in [1.82, 2.24) is 5.32 Å². The third kappa shape index (κ3) is 6.18. The molecule has 3 aromatic rings. The lowest BCUT2D eigenvalue weighted by atomic mass is 10.1. The van der Waals surface area contributed by atoms with E-state index in [1.54, 1.807) is 36.4 Å². The second-order valence-corrected chi connectivity index (χ2v) is 8.36. The molecule has 3 aromatic carbocycles. The molecule has 160 valence electrons. The summed E-state index contributed by atoms with van der Waals surface area (Å²) in [6, 6.07) is 21.8. The van der Waals surface area contributed by atoms with Crippen molar-refractivity contribution in [2.75, 3.05) is 5.32 Å². The Morgan fingerprint density at radius 1 is 0.871 bits per heavy atom. The quantitative estimate of drug-likeness (QED) is 0.436. The molecule has 0 fully saturated rings. The molecule has 0 saturated carbocycles. The van der Waals surface area contributed by atoms with Gasteiger partial charge >= 0.3 is 0 Å². The first-order valence-electron chi connectivity index (χ1n) is 10.1. The predicted octanol–water partition coefficient (Wildman–Crippen LogP) is 5.98. The third-order valence-electron chi connectivity index (χ3n) is 4.58. The fourth-order valence-electron chi connectivity index (χ4n) is 3.08. The number of hydrogen-bond donors (Lipinski definition) is 2. The standard InChI is InChI=1S/C25H25BrN2O3/c1-16(2)31-23-13-12-20(26)15-22(23)25(30)28-21-11-7-10-19(14-21)24(29)27-17(3)18-8-5-4-6-9-18/h4-17H,1-3H3,(H,27,29)(H,28,30). The minimum absolute atomic E-state index is 0.0636. The molecule has 0 aliphatic heterocycles. The van der Waals surface area contributed by atoms with Gasteiger partial charge in [-0.05, 0) is 62.7 Å². The van der Waals surface area contributed by atoms with E-state index in [1.807, 2.05) is 57.2 Å². The summed E-state index contributed by atoms with van der Waals surface area (Å²) in [5.74, 6) is -0.0211. The number of hydrogen-bond acceptors (Lipinski definition) is 3. The highest BCUT2D eigenvalue weighted by Crippen LogP contribution is 2.25. The molecule has 31 heavy (non-hydrogen) atoms. The van der Waals surface area contributed by atoms with Crippen molar-refractivity contribution < 1.29 is 14.3 Å². The normalized spacial score (nSPS) is 11.6. The van der Waals surface area contributed by atoms with Crippen molar-refractivity contribution in [2.24, 2.45) is 0 Å². The Morgan fingerprint density at radius 3 is 2.32 bits per heavy atom. The molecule has 0 aromatic heterocycles. The van der Waals surface area contributed by atoms with Gasteiger partial charge < -0.3 is 15.4 Å². The zero-order chi connectivity index (χ0) is 22.4. The molecule has 0 radical (unpaired) electrons. The van der Waals surface area contributed by atoms with Crippen LogP contribution in [0.25, 0.3) is 0 Å². The van der Waals surface area contributed by atoms with Crippen LogP contribution >= 0.6 is 15.9 Å². The van der Waals surface area contributed by atoms with Gasteiger partial charge in [0.2, 0.25) is 0 Å². The first kappa shape index (κ1) is 22.6. The third-order valence-corrected chi connectivity index (χ3v) is 5.07. The first-order valence-corrected chi connectivity index (χ1v) is 10.9. The molecule has 1 unspecified atom stereocenters. The SMILES string of the molecule is CC(C)Oc1ccc(Br)cc1C(=O)Nc1cccc(C(=O)NC(C)c2ccccc2)c1. The van der Waals surface area contributed by atoms with E-state index in [0.29, 0.717) is 22.6 Å². The van der Waals surface area contributed by atoms with E-state index in [-0.39, 0.29) is 24.0 Å². The zero-order valence-electron chi connectivity index (χ0n) is 17.7. The average Bonchev–Trinajstić information content (AvgIpc) is 2.75. The summed E-state index contributed by atoms with van der Waals surface area (Å²) >= 11 is 3.40. The lowest BCUT2D eigenvalue weighted by Crippen LogP contribution is -2.26. The molecule has 2 N–H and O–H groups in total. The van der Waals surface area contributed by atoms with Crippen LogP contribution in [-0.2, 0) is 0 Å². The van der Waals surface area contributed by atoms with Crippen LogP contribution in [0.2, 0.25) is 0 Å². The van der Waals surface area contributed by atoms with Gasteiger partial charge in [0.05, 0.1) is 17.7 Å². The fourth-order valence-corrected chi connectivity index (χ4v) is 3.44. The van der Waals surface area contributed by atoms with E-state index in [0.717, 1.165) is 10.0 Å². The molecular weight excluding hydrogens is 456 g/mol. The molecule has 0 heterocycles. The van der Waals surface area contributed by atoms with E-state index >= 15 is 0 Å². The van der Waals surface area contributed by atoms with Crippen LogP contribution in [0, 0.1) is 0 Å². The lowest BCUT2D eigenvalue weighted by Gasteiger charge is -2.16. The highest BCUT2D eigenvalue weighted by atomic mass is 79.9. The summed E-state index contributed by atoms with van der Waals surface area (Å²) in [5.41, 5.74) is 2.43. The highest BCUT2D eigenvalue weighted by molar-refractivity contribution is 9.10. The number of anilines is 1. The molecule has 0 aliphatic rings. The second-order valence-electron chi connectivity index (χ2n) is 7.45. The van der Waals surface area contributed by atoms with Crippen molar-refractivity contribution in [1.29, 1.82) is 0 Å². The number of carbonyl (C=O) groups is 2. The van der Waals surface area contributed by atoms with Crippen LogP contribution in [0.1, 0.15) is 53.1 Å². The van der Waals surface area contributed by atoms with Crippen molar-refractivity contribution >= 4 is 33.4 Å². The minimum Gasteiger partial charge on any atom is -0.490 e. The maximum Gasteiger partial charge on any atom is 0.259 e. The number of ether oxygens (including phenoxy) is 1. The Morgan fingerprint density at radius 2 is 1.61 bits per heavy atom. The molecule has 2 amide bonds. The molecule has 3 rings (SSSR count).